The number of aliphatic carboxylic acids is 1. The zero-order chi connectivity index (χ0) is 23.9. The number of carbonyl (C=O) groups is 1. The number of nitrogens with zero attached hydrogens (tertiary/aromatic N) is 2. The average molecular weight is 471 g/mol. The number of hydrogen-bond acceptors (Lipinski definition) is 5. The molecule has 1 aromatic heterocycles. The van der Waals surface area contributed by atoms with Crippen molar-refractivity contribution < 1.29 is 27.6 Å². The van der Waals surface area contributed by atoms with Gasteiger partial charge in [0.2, 0.25) is 5.82 Å². The van der Waals surface area contributed by atoms with Crippen molar-refractivity contribution in [1.82, 2.24) is 10.1 Å². The van der Waals surface area contributed by atoms with Crippen molar-refractivity contribution in [2.75, 3.05) is 5.32 Å². The first-order chi connectivity index (χ1) is 16.3. The van der Waals surface area contributed by atoms with E-state index in [9.17, 15) is 18.0 Å². The Morgan fingerprint density at radius 1 is 1.12 bits per heavy atom. The summed E-state index contributed by atoms with van der Waals surface area (Å²) >= 11 is 0. The zero-order valence-corrected chi connectivity index (χ0v) is 18.4. The van der Waals surface area contributed by atoms with Crippen LogP contribution in [0.25, 0.3) is 22.8 Å². The molecule has 0 saturated heterocycles. The van der Waals surface area contributed by atoms with Gasteiger partial charge in [0.25, 0.3) is 5.89 Å². The van der Waals surface area contributed by atoms with Crippen molar-refractivity contribution in [3.63, 3.8) is 0 Å². The van der Waals surface area contributed by atoms with Gasteiger partial charge >= 0.3 is 12.1 Å². The molecule has 0 amide bonds. The van der Waals surface area contributed by atoms with E-state index in [4.69, 9.17) is 9.63 Å². The Balaban J connectivity index is 1.39. The Bertz CT molecular complexity index is 1220. The number of hydrogen-bond donors (Lipinski definition) is 2. The van der Waals surface area contributed by atoms with E-state index < -0.39 is 17.7 Å². The summed E-state index contributed by atoms with van der Waals surface area (Å²) in [5.74, 6) is -0.567. The molecule has 3 aromatic rings. The third-order valence-corrected chi connectivity index (χ3v) is 6.72. The fourth-order valence-electron chi connectivity index (χ4n) is 5.04. The molecule has 34 heavy (non-hydrogen) atoms. The van der Waals surface area contributed by atoms with Crippen molar-refractivity contribution in [3.05, 3.63) is 53.1 Å². The molecule has 0 radical (unpaired) electrons. The molecule has 2 aliphatic rings. The van der Waals surface area contributed by atoms with E-state index in [1.54, 1.807) is 12.1 Å². The maximum Gasteiger partial charge on any atom is 0.416 e. The lowest BCUT2D eigenvalue weighted by Gasteiger charge is -2.18. The first-order valence-electron chi connectivity index (χ1n) is 11.4. The Labute approximate surface area is 194 Å². The largest absolute Gasteiger partial charge is 0.481 e. The highest BCUT2D eigenvalue weighted by Crippen LogP contribution is 2.43. The summed E-state index contributed by atoms with van der Waals surface area (Å²) in [6.45, 7) is 0. The fourth-order valence-corrected chi connectivity index (χ4v) is 5.04. The van der Waals surface area contributed by atoms with Crippen molar-refractivity contribution in [3.8, 4) is 22.8 Å². The van der Waals surface area contributed by atoms with Crippen LogP contribution in [0.1, 0.15) is 61.1 Å². The fraction of sp³-hybridized carbons (Fsp3) is 0.400. The van der Waals surface area contributed by atoms with Gasteiger partial charge in [-0.2, -0.15) is 18.2 Å². The summed E-state index contributed by atoms with van der Waals surface area (Å²) < 4.78 is 46.8. The highest BCUT2D eigenvalue weighted by Gasteiger charge is 2.36. The van der Waals surface area contributed by atoms with Crippen molar-refractivity contribution in [2.24, 2.45) is 0 Å². The van der Waals surface area contributed by atoms with E-state index in [2.05, 4.69) is 15.5 Å². The first kappa shape index (κ1) is 22.4. The maximum absolute atomic E-state index is 13.8. The topological polar surface area (TPSA) is 88.2 Å². The van der Waals surface area contributed by atoms with Crippen LogP contribution in [0.3, 0.4) is 0 Å². The third kappa shape index (κ3) is 4.51. The van der Waals surface area contributed by atoms with Crippen LogP contribution in [0, 0.1) is 0 Å². The molecule has 0 unspecified atom stereocenters. The summed E-state index contributed by atoms with van der Waals surface area (Å²) in [6, 6.07) is 9.92. The number of nitrogens with one attached hydrogen (secondary N) is 1. The molecule has 178 valence electrons. The van der Waals surface area contributed by atoms with Crippen LogP contribution in [-0.2, 0) is 17.4 Å². The maximum atomic E-state index is 13.8. The van der Waals surface area contributed by atoms with Crippen LogP contribution in [0.5, 0.6) is 0 Å². The van der Waals surface area contributed by atoms with Gasteiger partial charge in [-0.3, -0.25) is 4.79 Å². The molecule has 1 aliphatic carbocycles. The van der Waals surface area contributed by atoms with Crippen LogP contribution < -0.4 is 5.32 Å². The minimum atomic E-state index is -4.46. The van der Waals surface area contributed by atoms with Crippen LogP contribution in [0.2, 0.25) is 0 Å². The SMILES string of the molecule is O=C(O)CC[C@@H]1Cc2cc(-c3noc(-c4ccc(C5CCCC5)c(C(F)(F)F)c4)n3)ccc2N1. The highest BCUT2D eigenvalue weighted by molar-refractivity contribution is 5.69. The number of fused-ring (bicyclic) bond motifs is 1. The monoisotopic (exact) mass is 471 g/mol. The second-order valence-electron chi connectivity index (χ2n) is 9.05. The van der Waals surface area contributed by atoms with Crippen molar-refractivity contribution in [1.29, 1.82) is 0 Å². The molecule has 2 N–H and O–H groups in total. The van der Waals surface area contributed by atoms with E-state index in [0.717, 1.165) is 43.0 Å². The van der Waals surface area contributed by atoms with Gasteiger partial charge < -0.3 is 14.9 Å². The van der Waals surface area contributed by atoms with E-state index in [-0.39, 0.29) is 29.8 Å². The standard InChI is InChI=1S/C25H24F3N3O3/c26-25(27,28)20-13-16(5-8-19(20)14-3-1-2-4-14)24-30-23(31-34-24)15-6-9-21-17(11-15)12-18(29-21)7-10-22(32)33/h5-6,8-9,11,13-14,18,29H,1-4,7,10,12H2,(H,32,33)/t18-/m1/s1. The summed E-state index contributed by atoms with van der Waals surface area (Å²) in [7, 11) is 0. The Morgan fingerprint density at radius 2 is 1.88 bits per heavy atom. The molecule has 2 heterocycles. The number of alkyl halides is 3. The highest BCUT2D eigenvalue weighted by atomic mass is 19.4. The summed E-state index contributed by atoms with van der Waals surface area (Å²) in [5.41, 5.74) is 2.59. The normalized spacial score (nSPS) is 18.1. The lowest BCUT2D eigenvalue weighted by atomic mass is 9.91. The van der Waals surface area contributed by atoms with Gasteiger partial charge in [-0.1, -0.05) is 24.1 Å². The quantitative estimate of drug-likeness (QED) is 0.440. The molecular weight excluding hydrogens is 447 g/mol. The minimum absolute atomic E-state index is 0.0384. The number of rotatable bonds is 6. The number of aromatic nitrogens is 2. The van der Waals surface area contributed by atoms with E-state index in [0.29, 0.717) is 29.8 Å². The molecule has 1 aliphatic heterocycles. The summed E-state index contributed by atoms with van der Waals surface area (Å²) in [5, 5.41) is 16.2. The first-order valence-corrected chi connectivity index (χ1v) is 11.4. The third-order valence-electron chi connectivity index (χ3n) is 6.72. The minimum Gasteiger partial charge on any atom is -0.481 e. The Hall–Kier alpha value is -3.36. The lowest BCUT2D eigenvalue weighted by Crippen LogP contribution is -2.16. The van der Waals surface area contributed by atoms with Gasteiger partial charge in [0.05, 0.1) is 5.56 Å². The van der Waals surface area contributed by atoms with Crippen LogP contribution in [0.15, 0.2) is 40.9 Å². The Morgan fingerprint density at radius 3 is 2.62 bits per heavy atom. The molecule has 0 spiro atoms. The average Bonchev–Trinajstić information content (AvgIpc) is 3.56. The number of anilines is 1. The van der Waals surface area contributed by atoms with E-state index in [1.807, 2.05) is 18.2 Å². The van der Waals surface area contributed by atoms with Gasteiger partial charge in [0.1, 0.15) is 0 Å². The second-order valence-corrected chi connectivity index (χ2v) is 9.05. The Kier molecular flexibility index (Phi) is 5.79. The van der Waals surface area contributed by atoms with Gasteiger partial charge in [-0.05, 0) is 73.1 Å². The molecule has 5 rings (SSSR count). The summed E-state index contributed by atoms with van der Waals surface area (Å²) in [4.78, 5) is 15.2. The zero-order valence-electron chi connectivity index (χ0n) is 18.4. The van der Waals surface area contributed by atoms with Crippen molar-refractivity contribution in [2.45, 2.75) is 63.1 Å². The lowest BCUT2D eigenvalue weighted by molar-refractivity contribution is -0.138. The van der Waals surface area contributed by atoms with Crippen molar-refractivity contribution >= 4 is 11.7 Å². The smallest absolute Gasteiger partial charge is 0.416 e. The number of carboxylic acid groups (broad SMARTS) is 1. The molecule has 1 atom stereocenters. The predicted octanol–water partition coefficient (Wildman–Crippen LogP) is 6.28. The van der Waals surface area contributed by atoms with Crippen LogP contribution in [0.4, 0.5) is 18.9 Å². The summed E-state index contributed by atoms with van der Waals surface area (Å²) in [6.07, 6.45) is 0.283. The number of benzene rings is 2. The van der Waals surface area contributed by atoms with E-state index in [1.165, 1.54) is 0 Å². The van der Waals surface area contributed by atoms with Gasteiger partial charge in [-0.25, -0.2) is 0 Å². The van der Waals surface area contributed by atoms with Gasteiger partial charge in [0, 0.05) is 29.3 Å². The molecule has 0 bridgehead atoms. The van der Waals surface area contributed by atoms with Crippen LogP contribution in [-0.4, -0.2) is 27.3 Å². The van der Waals surface area contributed by atoms with Crippen LogP contribution >= 0.6 is 0 Å². The van der Waals surface area contributed by atoms with E-state index >= 15 is 0 Å². The molecule has 1 fully saturated rings. The second kappa shape index (κ2) is 8.77. The predicted molar refractivity (Wildman–Crippen MR) is 119 cm³/mol. The number of carboxylic acids is 1. The molecule has 6 nitrogen and oxygen atoms in total. The van der Waals surface area contributed by atoms with Gasteiger partial charge in [-0.15, -0.1) is 0 Å². The number of halogens is 3. The molecule has 2 aromatic carbocycles. The molecule has 1 saturated carbocycles. The molecular formula is C25H24F3N3O3. The van der Waals surface area contributed by atoms with Gasteiger partial charge in [0.15, 0.2) is 0 Å². The molecule has 9 heteroatoms.